The Balaban J connectivity index is 2.69. The van der Waals surface area contributed by atoms with Crippen LogP contribution in [0, 0.1) is 0 Å². The number of hydrogen-bond acceptors (Lipinski definition) is 3. The highest BCUT2D eigenvalue weighted by atomic mass is 79.9. The minimum Gasteiger partial charge on any atom is -0.316 e. The fourth-order valence-electron chi connectivity index (χ4n) is 0.504. The Morgan fingerprint density at radius 2 is 2.67 bits per heavy atom. The largest absolute Gasteiger partial charge is 0.316 e. The van der Waals surface area contributed by atoms with Gasteiger partial charge < -0.3 is 5.21 Å². The Bertz CT molecular complexity index is 188. The zero-order valence-electron chi connectivity index (χ0n) is 4.56. The molecule has 0 aromatic carbocycles. The smallest absolute Gasteiger partial charge is 0.105 e. The second kappa shape index (κ2) is 2.95. The van der Waals surface area contributed by atoms with Gasteiger partial charge in [0.25, 0.3) is 0 Å². The van der Waals surface area contributed by atoms with Crippen molar-refractivity contribution in [3.63, 3.8) is 0 Å². The number of hydrogen-bond donors (Lipinski definition) is 3. The first-order valence-electron chi connectivity index (χ1n) is 2.39. The molecule has 0 aliphatic rings. The maximum atomic E-state index is 8.25. The minimum absolute atomic E-state index is 0.400. The Kier molecular flexibility index (Phi) is 2.21. The number of hydroxylamine groups is 1. The van der Waals surface area contributed by atoms with Crippen molar-refractivity contribution in [3.8, 4) is 0 Å². The quantitative estimate of drug-likeness (QED) is 0.603. The lowest BCUT2D eigenvalue weighted by molar-refractivity contribution is 0.161. The fraction of sp³-hybridized carbons (Fsp3) is 0.250. The number of nitrogens with zero attached hydrogens (tertiary/aromatic N) is 1. The molecule has 3 N–H and O–H groups in total. The second-order valence-electron chi connectivity index (χ2n) is 1.54. The SMILES string of the molecule is ONCc1cn[nH]c1Br. The van der Waals surface area contributed by atoms with Crippen LogP contribution in [-0.4, -0.2) is 15.4 Å². The number of aromatic nitrogens is 2. The molecule has 1 aromatic rings. The highest BCUT2D eigenvalue weighted by molar-refractivity contribution is 9.10. The monoisotopic (exact) mass is 191 g/mol. The Morgan fingerprint density at radius 1 is 1.89 bits per heavy atom. The van der Waals surface area contributed by atoms with Gasteiger partial charge in [-0.15, -0.1) is 0 Å². The fourth-order valence-corrected chi connectivity index (χ4v) is 0.849. The molecule has 0 unspecified atom stereocenters. The molecular weight excluding hydrogens is 186 g/mol. The van der Waals surface area contributed by atoms with Crippen molar-refractivity contribution >= 4 is 15.9 Å². The summed E-state index contributed by atoms with van der Waals surface area (Å²) in [6.07, 6.45) is 1.63. The van der Waals surface area contributed by atoms with Crippen molar-refractivity contribution in [1.82, 2.24) is 15.7 Å². The number of halogens is 1. The van der Waals surface area contributed by atoms with Gasteiger partial charge in [-0.25, -0.2) is 5.48 Å². The molecule has 0 amide bonds. The normalized spacial score (nSPS) is 10.0. The van der Waals surface area contributed by atoms with E-state index in [0.717, 1.165) is 10.2 Å². The van der Waals surface area contributed by atoms with E-state index in [4.69, 9.17) is 5.21 Å². The van der Waals surface area contributed by atoms with Crippen LogP contribution in [0.3, 0.4) is 0 Å². The third kappa shape index (κ3) is 1.51. The van der Waals surface area contributed by atoms with Crippen LogP contribution in [0.1, 0.15) is 5.56 Å². The molecule has 0 spiro atoms. The molecule has 0 bridgehead atoms. The molecule has 1 rings (SSSR count). The average molecular weight is 192 g/mol. The summed E-state index contributed by atoms with van der Waals surface area (Å²) in [5, 5.41) is 14.6. The van der Waals surface area contributed by atoms with E-state index in [0.29, 0.717) is 6.54 Å². The van der Waals surface area contributed by atoms with Crippen LogP contribution in [0.4, 0.5) is 0 Å². The van der Waals surface area contributed by atoms with Crippen molar-refractivity contribution in [2.45, 2.75) is 6.54 Å². The molecule has 0 atom stereocenters. The second-order valence-corrected chi connectivity index (χ2v) is 2.34. The summed E-state index contributed by atoms with van der Waals surface area (Å²) in [5.41, 5.74) is 2.92. The number of H-pyrrole nitrogens is 1. The van der Waals surface area contributed by atoms with Crippen LogP contribution in [0.15, 0.2) is 10.8 Å². The summed E-state index contributed by atoms with van der Waals surface area (Å²) in [6.45, 7) is 0.400. The van der Waals surface area contributed by atoms with Gasteiger partial charge in [-0.3, -0.25) is 5.10 Å². The van der Waals surface area contributed by atoms with Crippen LogP contribution >= 0.6 is 15.9 Å². The van der Waals surface area contributed by atoms with Crippen LogP contribution in [-0.2, 0) is 6.54 Å². The molecular formula is C4H6BrN3O. The van der Waals surface area contributed by atoms with Gasteiger partial charge in [-0.1, -0.05) is 0 Å². The highest BCUT2D eigenvalue weighted by Gasteiger charge is 1.97. The van der Waals surface area contributed by atoms with Gasteiger partial charge in [0, 0.05) is 5.56 Å². The first kappa shape index (κ1) is 6.73. The Labute approximate surface area is 60.4 Å². The zero-order valence-corrected chi connectivity index (χ0v) is 6.14. The first-order valence-corrected chi connectivity index (χ1v) is 3.18. The van der Waals surface area contributed by atoms with Gasteiger partial charge in [0.2, 0.25) is 0 Å². The van der Waals surface area contributed by atoms with Gasteiger partial charge >= 0.3 is 0 Å². The predicted octanol–water partition coefficient (Wildman–Crippen LogP) is 0.651. The zero-order chi connectivity index (χ0) is 6.69. The molecule has 1 aromatic heterocycles. The molecule has 9 heavy (non-hydrogen) atoms. The molecule has 50 valence electrons. The van der Waals surface area contributed by atoms with E-state index in [1.165, 1.54) is 0 Å². The van der Waals surface area contributed by atoms with Crippen molar-refractivity contribution in [2.75, 3.05) is 0 Å². The minimum atomic E-state index is 0.400. The van der Waals surface area contributed by atoms with Gasteiger partial charge in [-0.05, 0) is 15.9 Å². The summed E-state index contributed by atoms with van der Waals surface area (Å²) in [4.78, 5) is 0. The van der Waals surface area contributed by atoms with E-state index in [-0.39, 0.29) is 0 Å². The van der Waals surface area contributed by atoms with E-state index in [9.17, 15) is 0 Å². The third-order valence-corrected chi connectivity index (χ3v) is 1.62. The van der Waals surface area contributed by atoms with E-state index in [1.807, 2.05) is 5.48 Å². The summed E-state index contributed by atoms with van der Waals surface area (Å²) in [7, 11) is 0. The van der Waals surface area contributed by atoms with E-state index in [2.05, 4.69) is 26.1 Å². The van der Waals surface area contributed by atoms with Crippen molar-refractivity contribution < 1.29 is 5.21 Å². The van der Waals surface area contributed by atoms with Gasteiger partial charge in [0.1, 0.15) is 4.60 Å². The van der Waals surface area contributed by atoms with Gasteiger partial charge in [0.05, 0.1) is 12.7 Å². The molecule has 0 radical (unpaired) electrons. The average Bonchev–Trinajstić information content (AvgIpc) is 2.18. The van der Waals surface area contributed by atoms with Crippen LogP contribution in [0.2, 0.25) is 0 Å². The third-order valence-electron chi connectivity index (χ3n) is 0.935. The summed E-state index contributed by atoms with van der Waals surface area (Å²) >= 11 is 3.20. The van der Waals surface area contributed by atoms with Crippen LogP contribution < -0.4 is 5.48 Å². The lowest BCUT2D eigenvalue weighted by Crippen LogP contribution is -2.05. The molecule has 5 heteroatoms. The molecule has 0 aliphatic carbocycles. The molecule has 1 heterocycles. The van der Waals surface area contributed by atoms with Crippen LogP contribution in [0.5, 0.6) is 0 Å². The van der Waals surface area contributed by atoms with E-state index >= 15 is 0 Å². The Hall–Kier alpha value is -0.390. The lowest BCUT2D eigenvalue weighted by atomic mass is 10.4. The Morgan fingerprint density at radius 3 is 3.11 bits per heavy atom. The molecule has 0 saturated carbocycles. The highest BCUT2D eigenvalue weighted by Crippen LogP contribution is 2.10. The van der Waals surface area contributed by atoms with E-state index in [1.54, 1.807) is 6.20 Å². The standard InChI is InChI=1S/C4H6BrN3O/c5-4-3(2-7-9)1-6-8-4/h1,7,9H,2H2,(H,6,8). The summed E-state index contributed by atoms with van der Waals surface area (Å²) in [6, 6.07) is 0. The van der Waals surface area contributed by atoms with E-state index < -0.39 is 0 Å². The molecule has 0 aliphatic heterocycles. The maximum Gasteiger partial charge on any atom is 0.105 e. The van der Waals surface area contributed by atoms with Crippen molar-refractivity contribution in [3.05, 3.63) is 16.4 Å². The molecule has 4 nitrogen and oxygen atoms in total. The topological polar surface area (TPSA) is 60.9 Å². The lowest BCUT2D eigenvalue weighted by Gasteiger charge is -1.91. The van der Waals surface area contributed by atoms with Crippen LogP contribution in [0.25, 0.3) is 0 Å². The maximum absolute atomic E-state index is 8.25. The number of nitrogens with one attached hydrogen (secondary N) is 2. The molecule has 0 fully saturated rings. The predicted molar refractivity (Wildman–Crippen MR) is 34.9 cm³/mol. The van der Waals surface area contributed by atoms with Gasteiger partial charge in [-0.2, -0.15) is 5.10 Å². The summed E-state index contributed by atoms with van der Waals surface area (Å²) < 4.78 is 0.795. The molecule has 0 saturated heterocycles. The summed E-state index contributed by atoms with van der Waals surface area (Å²) in [5.74, 6) is 0. The van der Waals surface area contributed by atoms with Crippen molar-refractivity contribution in [2.24, 2.45) is 0 Å². The van der Waals surface area contributed by atoms with Gasteiger partial charge in [0.15, 0.2) is 0 Å². The first-order chi connectivity index (χ1) is 4.34. The number of rotatable bonds is 2. The number of aromatic amines is 1. The van der Waals surface area contributed by atoms with Crippen molar-refractivity contribution in [1.29, 1.82) is 0 Å².